The Bertz CT molecular complexity index is 416. The first kappa shape index (κ1) is 18.4. The number of aliphatic imine (C=N–C) groups is 1. The van der Waals surface area contributed by atoms with Gasteiger partial charge in [0.2, 0.25) is 0 Å². The lowest BCUT2D eigenvalue weighted by Crippen LogP contribution is -2.51. The van der Waals surface area contributed by atoms with Gasteiger partial charge in [-0.1, -0.05) is 6.92 Å². The third-order valence-electron chi connectivity index (χ3n) is 3.59. The van der Waals surface area contributed by atoms with Crippen molar-refractivity contribution in [3.05, 3.63) is 11.6 Å². The molecule has 2 rings (SSSR count). The van der Waals surface area contributed by atoms with E-state index in [0.717, 1.165) is 50.9 Å². The van der Waals surface area contributed by atoms with Crippen LogP contribution in [0.1, 0.15) is 6.92 Å². The van der Waals surface area contributed by atoms with Crippen molar-refractivity contribution in [1.82, 2.24) is 14.8 Å². The summed E-state index contributed by atoms with van der Waals surface area (Å²) in [6, 6.07) is 0. The molecule has 0 amide bonds. The average molecular weight is 424 g/mol. The second kappa shape index (κ2) is 9.42. The predicted molar refractivity (Wildman–Crippen MR) is 101 cm³/mol. The number of nitrogens with zero attached hydrogens (tertiary/aromatic N) is 5. The maximum Gasteiger partial charge on any atom is 0.191 e. The van der Waals surface area contributed by atoms with Crippen molar-refractivity contribution in [2.24, 2.45) is 10.7 Å². The van der Waals surface area contributed by atoms with E-state index in [9.17, 15) is 0 Å². The number of rotatable bonds is 5. The van der Waals surface area contributed by atoms with E-state index in [0.29, 0.717) is 5.96 Å². The molecule has 120 valence electrons. The number of thiazole rings is 1. The number of anilines is 1. The van der Waals surface area contributed by atoms with Crippen LogP contribution >= 0.6 is 35.3 Å². The fraction of sp³-hybridized carbons (Fsp3) is 0.692. The van der Waals surface area contributed by atoms with Crippen molar-refractivity contribution in [2.75, 3.05) is 57.8 Å². The van der Waals surface area contributed by atoms with E-state index >= 15 is 0 Å². The third kappa shape index (κ3) is 5.59. The van der Waals surface area contributed by atoms with Gasteiger partial charge in [-0.15, -0.1) is 35.3 Å². The Morgan fingerprint density at radius 1 is 1.43 bits per heavy atom. The van der Waals surface area contributed by atoms with Crippen LogP contribution in [0.3, 0.4) is 0 Å². The largest absolute Gasteiger partial charge is 0.370 e. The lowest BCUT2D eigenvalue weighted by molar-refractivity contribution is 0.357. The van der Waals surface area contributed by atoms with Gasteiger partial charge in [0, 0.05) is 44.3 Å². The maximum atomic E-state index is 6.07. The standard InChI is InChI=1S/C13H24N6S.HI/c1-3-17(2)6-4-15-12(14)18-7-9-19(10-8-18)13-16-5-11-20-13;/h5,11H,3-4,6-10H2,1-2H3,(H2,14,15);1H. The first-order valence-corrected chi connectivity index (χ1v) is 7.96. The molecule has 2 heterocycles. The summed E-state index contributed by atoms with van der Waals surface area (Å²) in [5.74, 6) is 0.674. The van der Waals surface area contributed by atoms with Crippen LogP contribution in [0.15, 0.2) is 16.6 Å². The number of likely N-dealkylation sites (N-methyl/N-ethyl adjacent to an activating group) is 1. The van der Waals surface area contributed by atoms with Crippen LogP contribution in [0.2, 0.25) is 0 Å². The number of guanidine groups is 1. The number of hydrogen-bond acceptors (Lipinski definition) is 5. The van der Waals surface area contributed by atoms with E-state index < -0.39 is 0 Å². The molecule has 6 nitrogen and oxygen atoms in total. The highest BCUT2D eigenvalue weighted by Gasteiger charge is 2.19. The second-order valence-corrected chi connectivity index (χ2v) is 5.80. The van der Waals surface area contributed by atoms with Crippen LogP contribution in [0.4, 0.5) is 5.13 Å². The van der Waals surface area contributed by atoms with Gasteiger partial charge in [0.25, 0.3) is 0 Å². The van der Waals surface area contributed by atoms with Gasteiger partial charge in [-0.2, -0.15) is 0 Å². The van der Waals surface area contributed by atoms with E-state index in [1.165, 1.54) is 0 Å². The monoisotopic (exact) mass is 424 g/mol. The molecule has 0 unspecified atom stereocenters. The van der Waals surface area contributed by atoms with Gasteiger partial charge in [0.15, 0.2) is 11.1 Å². The van der Waals surface area contributed by atoms with Gasteiger partial charge in [-0.3, -0.25) is 4.99 Å². The molecule has 21 heavy (non-hydrogen) atoms. The van der Waals surface area contributed by atoms with Gasteiger partial charge in [-0.05, 0) is 13.6 Å². The summed E-state index contributed by atoms with van der Waals surface area (Å²) in [5.41, 5.74) is 6.07. The Morgan fingerprint density at radius 2 is 2.14 bits per heavy atom. The second-order valence-electron chi connectivity index (χ2n) is 4.92. The zero-order chi connectivity index (χ0) is 14.4. The normalized spacial score (nSPS) is 16.2. The van der Waals surface area contributed by atoms with Gasteiger partial charge >= 0.3 is 0 Å². The quantitative estimate of drug-likeness (QED) is 0.437. The van der Waals surface area contributed by atoms with Gasteiger partial charge in [0.05, 0.1) is 6.54 Å². The number of piperazine rings is 1. The predicted octanol–water partition coefficient (Wildman–Crippen LogP) is 1.15. The molecule has 0 aliphatic carbocycles. The Labute approximate surface area is 148 Å². The molecule has 0 saturated carbocycles. The fourth-order valence-electron chi connectivity index (χ4n) is 2.09. The summed E-state index contributed by atoms with van der Waals surface area (Å²) in [6.45, 7) is 8.65. The van der Waals surface area contributed by atoms with Gasteiger partial charge < -0.3 is 20.4 Å². The smallest absolute Gasteiger partial charge is 0.191 e. The van der Waals surface area contributed by atoms with Gasteiger partial charge in [-0.25, -0.2) is 4.98 Å². The summed E-state index contributed by atoms with van der Waals surface area (Å²) in [7, 11) is 2.10. The van der Waals surface area contributed by atoms with E-state index in [-0.39, 0.29) is 24.0 Å². The molecule has 0 aromatic carbocycles. The minimum absolute atomic E-state index is 0. The lowest BCUT2D eigenvalue weighted by atomic mass is 10.3. The zero-order valence-electron chi connectivity index (χ0n) is 12.7. The molecular formula is C13H25IN6S. The molecule has 1 saturated heterocycles. The number of halogens is 1. The van der Waals surface area contributed by atoms with Crippen molar-refractivity contribution >= 4 is 46.4 Å². The summed E-state index contributed by atoms with van der Waals surface area (Å²) < 4.78 is 0. The van der Waals surface area contributed by atoms with Crippen LogP contribution in [-0.2, 0) is 0 Å². The Balaban J connectivity index is 0.00000220. The molecule has 0 spiro atoms. The Hall–Kier alpha value is -0.610. The van der Waals surface area contributed by atoms with Gasteiger partial charge in [0.1, 0.15) is 0 Å². The molecule has 8 heteroatoms. The Kier molecular flexibility index (Phi) is 8.27. The third-order valence-corrected chi connectivity index (χ3v) is 4.42. The first-order chi connectivity index (χ1) is 9.70. The number of aromatic nitrogens is 1. The first-order valence-electron chi connectivity index (χ1n) is 7.08. The highest BCUT2D eigenvalue weighted by atomic mass is 127. The molecule has 0 bridgehead atoms. The van der Waals surface area contributed by atoms with Crippen LogP contribution in [0.5, 0.6) is 0 Å². The highest BCUT2D eigenvalue weighted by Crippen LogP contribution is 2.18. The minimum Gasteiger partial charge on any atom is -0.370 e. The molecule has 2 N–H and O–H groups in total. The summed E-state index contributed by atoms with van der Waals surface area (Å²) in [5, 5.41) is 3.12. The molecule has 1 fully saturated rings. The summed E-state index contributed by atoms with van der Waals surface area (Å²) in [6.07, 6.45) is 1.85. The van der Waals surface area contributed by atoms with Crippen molar-refractivity contribution in [3.63, 3.8) is 0 Å². The summed E-state index contributed by atoms with van der Waals surface area (Å²) >= 11 is 1.69. The lowest BCUT2D eigenvalue weighted by Gasteiger charge is -2.35. The molecule has 1 aliphatic rings. The van der Waals surface area contributed by atoms with E-state index in [4.69, 9.17) is 5.73 Å². The van der Waals surface area contributed by atoms with Crippen LogP contribution in [-0.4, -0.2) is 73.6 Å². The van der Waals surface area contributed by atoms with Crippen molar-refractivity contribution < 1.29 is 0 Å². The van der Waals surface area contributed by atoms with Crippen molar-refractivity contribution in [1.29, 1.82) is 0 Å². The topological polar surface area (TPSA) is 61.0 Å². The summed E-state index contributed by atoms with van der Waals surface area (Å²) in [4.78, 5) is 15.5. The SMILES string of the molecule is CCN(C)CCN=C(N)N1CCN(c2nccs2)CC1.I. The highest BCUT2D eigenvalue weighted by molar-refractivity contribution is 14.0. The van der Waals surface area contributed by atoms with E-state index in [2.05, 4.69) is 38.6 Å². The van der Waals surface area contributed by atoms with Crippen LogP contribution < -0.4 is 10.6 Å². The fourth-order valence-corrected chi connectivity index (χ4v) is 2.79. The molecule has 1 aromatic rings. The molecule has 0 atom stereocenters. The minimum atomic E-state index is 0. The molecule has 1 aromatic heterocycles. The van der Waals surface area contributed by atoms with E-state index in [1.807, 2.05) is 11.6 Å². The van der Waals surface area contributed by atoms with Crippen LogP contribution in [0, 0.1) is 0 Å². The van der Waals surface area contributed by atoms with E-state index in [1.54, 1.807) is 11.3 Å². The maximum absolute atomic E-state index is 6.07. The average Bonchev–Trinajstić information content (AvgIpc) is 3.01. The zero-order valence-corrected chi connectivity index (χ0v) is 15.9. The number of hydrogen-bond donors (Lipinski definition) is 1. The van der Waals surface area contributed by atoms with Crippen molar-refractivity contribution in [3.8, 4) is 0 Å². The molecule has 0 radical (unpaired) electrons. The molecule has 1 aliphatic heterocycles. The molecular weight excluding hydrogens is 399 g/mol. The number of nitrogens with two attached hydrogens (primary N) is 1. The van der Waals surface area contributed by atoms with Crippen molar-refractivity contribution in [2.45, 2.75) is 6.92 Å². The van der Waals surface area contributed by atoms with Crippen LogP contribution in [0.25, 0.3) is 0 Å². The Morgan fingerprint density at radius 3 is 2.71 bits per heavy atom.